The van der Waals surface area contributed by atoms with Gasteiger partial charge in [0.15, 0.2) is 5.78 Å². The number of carbonyl (C=O) groups excluding carboxylic acids is 3. The predicted octanol–water partition coefficient (Wildman–Crippen LogP) is 2.05. The third kappa shape index (κ3) is 5.55. The third-order valence-corrected chi connectivity index (χ3v) is 4.21. The van der Waals surface area contributed by atoms with Crippen molar-refractivity contribution in [1.29, 1.82) is 0 Å². The van der Waals surface area contributed by atoms with Crippen LogP contribution in [0.5, 0.6) is 0 Å². The van der Waals surface area contributed by atoms with Gasteiger partial charge in [-0.05, 0) is 37.6 Å². The van der Waals surface area contributed by atoms with Crippen LogP contribution in [-0.4, -0.2) is 60.2 Å². The van der Waals surface area contributed by atoms with Crippen molar-refractivity contribution in [3.05, 3.63) is 35.6 Å². The predicted molar refractivity (Wildman–Crippen MR) is 91.8 cm³/mol. The molecule has 0 bridgehead atoms. The van der Waals surface area contributed by atoms with E-state index in [-0.39, 0.29) is 30.0 Å². The molecule has 2 rings (SSSR count). The van der Waals surface area contributed by atoms with Crippen molar-refractivity contribution in [3.8, 4) is 0 Å². The minimum atomic E-state index is -0.376. The lowest BCUT2D eigenvalue weighted by molar-refractivity contribution is -0.132. The molecule has 0 aliphatic carbocycles. The maximum absolute atomic E-state index is 12.8. The molecule has 0 aromatic heterocycles. The summed E-state index contributed by atoms with van der Waals surface area (Å²) in [5.41, 5.74) is 0.462. The smallest absolute Gasteiger partial charge is 0.317 e. The molecule has 3 amide bonds. The largest absolute Gasteiger partial charge is 0.339 e. The molecule has 1 aliphatic rings. The molecule has 136 valence electrons. The van der Waals surface area contributed by atoms with Crippen LogP contribution in [0.2, 0.25) is 0 Å². The fraction of sp³-hybridized carbons (Fsp3) is 0.500. The van der Waals surface area contributed by atoms with Gasteiger partial charge in [-0.1, -0.05) is 0 Å². The van der Waals surface area contributed by atoms with Crippen LogP contribution in [0.1, 0.15) is 36.5 Å². The summed E-state index contributed by atoms with van der Waals surface area (Å²) >= 11 is 0. The van der Waals surface area contributed by atoms with Gasteiger partial charge in [-0.3, -0.25) is 9.59 Å². The normalized spacial score (nSPS) is 14.3. The van der Waals surface area contributed by atoms with Gasteiger partial charge >= 0.3 is 6.03 Å². The maximum Gasteiger partial charge on any atom is 0.317 e. The van der Waals surface area contributed by atoms with Crippen LogP contribution in [0, 0.1) is 5.82 Å². The summed E-state index contributed by atoms with van der Waals surface area (Å²) in [7, 11) is 0. The second kappa shape index (κ2) is 9.15. The van der Waals surface area contributed by atoms with Crippen molar-refractivity contribution in [1.82, 2.24) is 15.1 Å². The number of nitrogens with one attached hydrogen (secondary N) is 1. The highest BCUT2D eigenvalue weighted by Gasteiger charge is 2.23. The van der Waals surface area contributed by atoms with Gasteiger partial charge in [0.05, 0.1) is 0 Å². The van der Waals surface area contributed by atoms with Gasteiger partial charge in [-0.25, -0.2) is 9.18 Å². The highest BCUT2D eigenvalue weighted by molar-refractivity contribution is 5.96. The number of amides is 3. The zero-order valence-electron chi connectivity index (χ0n) is 14.5. The molecular formula is C18H24FN3O3. The molecule has 6 nitrogen and oxygen atoms in total. The van der Waals surface area contributed by atoms with Gasteiger partial charge in [-0.15, -0.1) is 0 Å². The SMILES string of the molecule is CCNC(=O)N1CCN(C(=O)CCCC(=O)c2ccc(F)cc2)CC1. The number of piperazine rings is 1. The first-order chi connectivity index (χ1) is 12.0. The topological polar surface area (TPSA) is 69.7 Å². The minimum Gasteiger partial charge on any atom is -0.339 e. The number of urea groups is 1. The quantitative estimate of drug-likeness (QED) is 0.799. The van der Waals surface area contributed by atoms with E-state index in [0.29, 0.717) is 51.1 Å². The van der Waals surface area contributed by atoms with Crippen LogP contribution in [0.3, 0.4) is 0 Å². The molecule has 1 saturated heterocycles. The van der Waals surface area contributed by atoms with Crippen LogP contribution >= 0.6 is 0 Å². The van der Waals surface area contributed by atoms with Crippen LogP contribution in [0.25, 0.3) is 0 Å². The number of hydrogen-bond acceptors (Lipinski definition) is 3. The molecular weight excluding hydrogens is 325 g/mol. The Labute approximate surface area is 147 Å². The molecule has 0 radical (unpaired) electrons. The lowest BCUT2D eigenvalue weighted by atomic mass is 10.1. The van der Waals surface area contributed by atoms with Crippen LogP contribution < -0.4 is 5.32 Å². The number of nitrogens with zero attached hydrogens (tertiary/aromatic N) is 2. The van der Waals surface area contributed by atoms with Gasteiger partial charge in [0, 0.05) is 51.1 Å². The molecule has 0 atom stereocenters. The average molecular weight is 349 g/mol. The third-order valence-electron chi connectivity index (χ3n) is 4.21. The minimum absolute atomic E-state index is 0.00227. The van der Waals surface area contributed by atoms with E-state index in [2.05, 4.69) is 5.32 Å². The molecule has 1 fully saturated rings. The van der Waals surface area contributed by atoms with E-state index in [1.165, 1.54) is 24.3 Å². The fourth-order valence-corrected chi connectivity index (χ4v) is 2.76. The van der Waals surface area contributed by atoms with Crippen molar-refractivity contribution in [2.45, 2.75) is 26.2 Å². The molecule has 1 aliphatic heterocycles. The van der Waals surface area contributed by atoms with E-state index >= 15 is 0 Å². The first kappa shape index (κ1) is 18.9. The molecule has 0 saturated carbocycles. The van der Waals surface area contributed by atoms with Gasteiger partial charge in [-0.2, -0.15) is 0 Å². The summed E-state index contributed by atoms with van der Waals surface area (Å²) < 4.78 is 12.8. The summed E-state index contributed by atoms with van der Waals surface area (Å²) in [5, 5.41) is 2.75. The van der Waals surface area contributed by atoms with Crippen molar-refractivity contribution in [3.63, 3.8) is 0 Å². The molecule has 1 aromatic carbocycles. The summed E-state index contributed by atoms with van der Waals surface area (Å²) in [6, 6.07) is 5.33. The lowest BCUT2D eigenvalue weighted by Crippen LogP contribution is -2.53. The Balaban J connectivity index is 1.70. The van der Waals surface area contributed by atoms with Gasteiger partial charge in [0.25, 0.3) is 0 Å². The molecule has 7 heteroatoms. The zero-order valence-corrected chi connectivity index (χ0v) is 14.5. The molecule has 1 aromatic rings. The number of benzene rings is 1. The Morgan fingerprint density at radius 1 is 1.00 bits per heavy atom. The number of hydrogen-bond donors (Lipinski definition) is 1. The van der Waals surface area contributed by atoms with Gasteiger partial charge in [0.2, 0.25) is 5.91 Å². The summed E-state index contributed by atoms with van der Waals surface area (Å²) in [6.45, 7) is 4.52. The van der Waals surface area contributed by atoms with Gasteiger partial charge in [0.1, 0.15) is 5.82 Å². The van der Waals surface area contributed by atoms with Crippen molar-refractivity contribution in [2.75, 3.05) is 32.7 Å². The second-order valence-corrected chi connectivity index (χ2v) is 5.99. The first-order valence-corrected chi connectivity index (χ1v) is 8.60. The van der Waals surface area contributed by atoms with Crippen molar-refractivity contribution < 1.29 is 18.8 Å². The van der Waals surface area contributed by atoms with E-state index in [0.717, 1.165) is 0 Å². The molecule has 1 heterocycles. The first-order valence-electron chi connectivity index (χ1n) is 8.60. The number of ketones is 1. The highest BCUT2D eigenvalue weighted by atomic mass is 19.1. The summed E-state index contributed by atoms with van der Waals surface area (Å²) in [4.78, 5) is 39.4. The molecule has 0 unspecified atom stereocenters. The molecule has 25 heavy (non-hydrogen) atoms. The van der Waals surface area contributed by atoms with Crippen LogP contribution in [0.4, 0.5) is 9.18 Å². The van der Waals surface area contributed by atoms with E-state index < -0.39 is 0 Å². The fourth-order valence-electron chi connectivity index (χ4n) is 2.76. The highest BCUT2D eigenvalue weighted by Crippen LogP contribution is 2.11. The van der Waals surface area contributed by atoms with E-state index in [9.17, 15) is 18.8 Å². The standard InChI is InChI=1S/C18H24FN3O3/c1-2-20-18(25)22-12-10-21(11-13-22)17(24)5-3-4-16(23)14-6-8-15(19)9-7-14/h6-9H,2-5,10-13H2,1H3,(H,20,25). The monoisotopic (exact) mass is 349 g/mol. The number of halogens is 1. The average Bonchev–Trinajstić information content (AvgIpc) is 2.62. The van der Waals surface area contributed by atoms with Crippen molar-refractivity contribution >= 4 is 17.7 Å². The van der Waals surface area contributed by atoms with E-state index in [1.807, 2.05) is 6.92 Å². The Kier molecular flexibility index (Phi) is 6.91. The molecule has 0 spiro atoms. The Bertz CT molecular complexity index is 610. The van der Waals surface area contributed by atoms with E-state index in [1.54, 1.807) is 9.80 Å². The number of rotatable bonds is 6. The van der Waals surface area contributed by atoms with Gasteiger partial charge < -0.3 is 15.1 Å². The summed E-state index contributed by atoms with van der Waals surface area (Å²) in [6.07, 6.45) is 1.02. The number of Topliss-reactive ketones (excluding diaryl/α,β-unsaturated/α-hetero) is 1. The Morgan fingerprint density at radius 3 is 2.20 bits per heavy atom. The second-order valence-electron chi connectivity index (χ2n) is 5.99. The summed E-state index contributed by atoms with van der Waals surface area (Å²) in [5.74, 6) is -0.463. The van der Waals surface area contributed by atoms with E-state index in [4.69, 9.17) is 0 Å². The molecule has 1 N–H and O–H groups in total. The lowest BCUT2D eigenvalue weighted by Gasteiger charge is -2.34. The Morgan fingerprint density at radius 2 is 1.60 bits per heavy atom. The number of carbonyl (C=O) groups is 3. The van der Waals surface area contributed by atoms with Crippen LogP contribution in [-0.2, 0) is 4.79 Å². The maximum atomic E-state index is 12.8. The Hall–Kier alpha value is -2.44. The zero-order chi connectivity index (χ0) is 18.2. The van der Waals surface area contributed by atoms with Crippen molar-refractivity contribution in [2.24, 2.45) is 0 Å². The van der Waals surface area contributed by atoms with Crippen LogP contribution in [0.15, 0.2) is 24.3 Å².